The highest BCUT2D eigenvalue weighted by atomic mass is 35.5. The molecule has 0 unspecified atom stereocenters. The number of hydrogen-bond donors (Lipinski definition) is 1. The summed E-state index contributed by atoms with van der Waals surface area (Å²) in [7, 11) is 0. The largest absolute Gasteiger partial charge is 0.493 e. The van der Waals surface area contributed by atoms with Gasteiger partial charge in [-0.15, -0.1) is 0 Å². The number of benzene rings is 2. The number of aromatic amines is 1. The average molecular weight is 339 g/mol. The molecule has 0 spiro atoms. The molecule has 0 aliphatic carbocycles. The Balaban J connectivity index is 1.91. The lowest BCUT2D eigenvalue weighted by Crippen LogP contribution is -1.98. The molecule has 24 heavy (non-hydrogen) atoms. The lowest BCUT2D eigenvalue weighted by Gasteiger charge is -2.11. The number of ether oxygens (including phenoxy) is 1. The van der Waals surface area contributed by atoms with Crippen LogP contribution in [0.1, 0.15) is 13.3 Å². The number of H-pyrrole nitrogens is 1. The predicted octanol–water partition coefficient (Wildman–Crippen LogP) is 4.62. The van der Waals surface area contributed by atoms with Crippen LogP contribution in [-0.2, 0) is 0 Å². The van der Waals surface area contributed by atoms with Crippen LogP contribution in [-0.4, -0.2) is 26.5 Å². The van der Waals surface area contributed by atoms with Gasteiger partial charge in [0.05, 0.1) is 18.4 Å². The fourth-order valence-corrected chi connectivity index (χ4v) is 2.78. The Labute approximate surface area is 143 Å². The van der Waals surface area contributed by atoms with Crippen molar-refractivity contribution in [1.82, 2.24) is 19.9 Å². The van der Waals surface area contributed by atoms with Crippen molar-refractivity contribution in [3.05, 3.63) is 47.9 Å². The number of rotatable bonds is 4. The fraction of sp³-hybridized carbons (Fsp3) is 0.167. The third-order valence-corrected chi connectivity index (χ3v) is 3.96. The molecule has 2 heterocycles. The molecule has 0 radical (unpaired) electrons. The lowest BCUT2D eigenvalue weighted by molar-refractivity contribution is 0.319. The maximum absolute atomic E-state index is 5.95. The number of aromatic nitrogens is 4. The smallest absolute Gasteiger partial charge is 0.224 e. The van der Waals surface area contributed by atoms with Crippen molar-refractivity contribution in [2.45, 2.75) is 13.3 Å². The predicted molar refractivity (Wildman–Crippen MR) is 95.4 cm³/mol. The molecule has 1 N–H and O–H groups in total. The minimum Gasteiger partial charge on any atom is -0.493 e. The maximum Gasteiger partial charge on any atom is 0.224 e. The summed E-state index contributed by atoms with van der Waals surface area (Å²) in [5, 5.41) is 2.44. The summed E-state index contributed by atoms with van der Waals surface area (Å²) in [5.74, 6) is 1.49. The molecule has 120 valence electrons. The number of nitrogens with one attached hydrogen (secondary N) is 1. The first kappa shape index (κ1) is 14.9. The monoisotopic (exact) mass is 338 g/mol. The Morgan fingerprint density at radius 2 is 1.92 bits per heavy atom. The quantitative estimate of drug-likeness (QED) is 0.552. The highest BCUT2D eigenvalue weighted by Gasteiger charge is 2.14. The fourth-order valence-electron chi connectivity index (χ4n) is 2.65. The van der Waals surface area contributed by atoms with Crippen LogP contribution in [0.3, 0.4) is 0 Å². The molecule has 0 saturated heterocycles. The van der Waals surface area contributed by atoms with Gasteiger partial charge in [-0.25, -0.2) is 9.97 Å². The maximum atomic E-state index is 5.95. The molecule has 0 amide bonds. The molecule has 4 aromatic rings. The van der Waals surface area contributed by atoms with E-state index in [1.165, 1.54) is 0 Å². The van der Waals surface area contributed by atoms with Crippen LogP contribution in [0.5, 0.6) is 5.75 Å². The molecule has 0 saturated carbocycles. The van der Waals surface area contributed by atoms with Gasteiger partial charge < -0.3 is 9.72 Å². The Morgan fingerprint density at radius 1 is 1.12 bits per heavy atom. The van der Waals surface area contributed by atoms with Crippen LogP contribution in [0.4, 0.5) is 0 Å². The molecule has 4 rings (SSSR count). The van der Waals surface area contributed by atoms with Gasteiger partial charge in [0.15, 0.2) is 5.65 Å². The second-order valence-electron chi connectivity index (χ2n) is 5.51. The topological polar surface area (TPSA) is 63.7 Å². The highest BCUT2D eigenvalue weighted by Crippen LogP contribution is 2.33. The number of nitrogens with zero attached hydrogens (tertiary/aromatic N) is 3. The number of hydrogen-bond acceptors (Lipinski definition) is 4. The molecule has 2 aromatic heterocycles. The Hall–Kier alpha value is -2.66. The van der Waals surface area contributed by atoms with Crippen molar-refractivity contribution >= 4 is 33.5 Å². The molecule has 6 heteroatoms. The van der Waals surface area contributed by atoms with Crippen molar-refractivity contribution in [2.24, 2.45) is 0 Å². The standard InChI is InChI=1S/C18H15ClN4O/c1-2-7-24-15-9-12-6-4-3-5-11(12)8-13(15)16-21-14-10-20-18(19)23-17(14)22-16/h3-6,8-10H,2,7H2,1H3,(H,20,21,22,23). The van der Waals surface area contributed by atoms with Crippen molar-refractivity contribution in [3.63, 3.8) is 0 Å². The summed E-state index contributed by atoms with van der Waals surface area (Å²) in [5.41, 5.74) is 2.18. The van der Waals surface area contributed by atoms with E-state index in [-0.39, 0.29) is 5.28 Å². The van der Waals surface area contributed by atoms with Crippen LogP contribution >= 0.6 is 11.6 Å². The molecule has 0 aliphatic heterocycles. The van der Waals surface area contributed by atoms with E-state index in [4.69, 9.17) is 16.3 Å². The van der Waals surface area contributed by atoms with Crippen LogP contribution < -0.4 is 4.74 Å². The average Bonchev–Trinajstić information content (AvgIpc) is 3.02. The molecular formula is C18H15ClN4O. The zero-order valence-corrected chi connectivity index (χ0v) is 13.8. The lowest BCUT2D eigenvalue weighted by atomic mass is 10.1. The van der Waals surface area contributed by atoms with Gasteiger partial charge >= 0.3 is 0 Å². The normalized spacial score (nSPS) is 11.2. The van der Waals surface area contributed by atoms with Crippen molar-refractivity contribution in [2.75, 3.05) is 6.61 Å². The first-order chi connectivity index (χ1) is 11.7. The summed E-state index contributed by atoms with van der Waals surface area (Å²) < 4.78 is 5.95. The van der Waals surface area contributed by atoms with Crippen LogP contribution in [0.25, 0.3) is 33.3 Å². The molecule has 2 aromatic carbocycles. The van der Waals surface area contributed by atoms with Crippen LogP contribution in [0, 0.1) is 0 Å². The highest BCUT2D eigenvalue weighted by molar-refractivity contribution is 6.28. The van der Waals surface area contributed by atoms with E-state index in [2.05, 4.69) is 45.1 Å². The first-order valence-corrected chi connectivity index (χ1v) is 8.16. The molecule has 0 atom stereocenters. The second-order valence-corrected chi connectivity index (χ2v) is 5.84. The molecule has 5 nitrogen and oxygen atoms in total. The van der Waals surface area contributed by atoms with E-state index < -0.39 is 0 Å². The minimum absolute atomic E-state index is 0.182. The Morgan fingerprint density at radius 3 is 2.71 bits per heavy atom. The first-order valence-electron chi connectivity index (χ1n) is 7.79. The van der Waals surface area contributed by atoms with Gasteiger partial charge in [-0.3, -0.25) is 0 Å². The minimum atomic E-state index is 0.182. The molecular weight excluding hydrogens is 324 g/mol. The van der Waals surface area contributed by atoms with Crippen LogP contribution in [0.2, 0.25) is 5.28 Å². The van der Waals surface area contributed by atoms with E-state index >= 15 is 0 Å². The zero-order chi connectivity index (χ0) is 16.5. The second kappa shape index (κ2) is 6.09. The van der Waals surface area contributed by atoms with Gasteiger partial charge in [-0.2, -0.15) is 4.98 Å². The summed E-state index contributed by atoms with van der Waals surface area (Å²) in [6.45, 7) is 2.73. The summed E-state index contributed by atoms with van der Waals surface area (Å²) in [6.07, 6.45) is 2.57. The van der Waals surface area contributed by atoms with E-state index in [0.29, 0.717) is 18.1 Å². The number of halogens is 1. The van der Waals surface area contributed by atoms with E-state index in [9.17, 15) is 0 Å². The number of imidazole rings is 1. The van der Waals surface area contributed by atoms with Gasteiger partial charge in [0, 0.05) is 0 Å². The third kappa shape index (κ3) is 2.67. The zero-order valence-electron chi connectivity index (χ0n) is 13.1. The third-order valence-electron chi connectivity index (χ3n) is 3.77. The summed E-state index contributed by atoms with van der Waals surface area (Å²) in [6, 6.07) is 12.3. The Kier molecular flexibility index (Phi) is 3.78. The van der Waals surface area contributed by atoms with Crippen LogP contribution in [0.15, 0.2) is 42.6 Å². The van der Waals surface area contributed by atoms with Crippen molar-refractivity contribution < 1.29 is 4.74 Å². The van der Waals surface area contributed by atoms with Gasteiger partial charge in [0.2, 0.25) is 5.28 Å². The van der Waals surface area contributed by atoms with E-state index in [1.54, 1.807) is 6.20 Å². The van der Waals surface area contributed by atoms with E-state index in [0.717, 1.165) is 34.0 Å². The number of fused-ring (bicyclic) bond motifs is 2. The van der Waals surface area contributed by atoms with Gasteiger partial charge in [-0.1, -0.05) is 31.2 Å². The SMILES string of the molecule is CCCOc1cc2ccccc2cc1-c1nc2nc(Cl)ncc2[nH]1. The summed E-state index contributed by atoms with van der Waals surface area (Å²) in [4.78, 5) is 15.9. The molecule has 0 fully saturated rings. The van der Waals surface area contributed by atoms with Crippen molar-refractivity contribution in [1.29, 1.82) is 0 Å². The Bertz CT molecular complexity index is 1030. The van der Waals surface area contributed by atoms with Gasteiger partial charge in [0.25, 0.3) is 0 Å². The van der Waals surface area contributed by atoms with E-state index in [1.807, 2.05) is 18.2 Å². The van der Waals surface area contributed by atoms with Crippen molar-refractivity contribution in [3.8, 4) is 17.1 Å². The summed E-state index contributed by atoms with van der Waals surface area (Å²) >= 11 is 5.85. The van der Waals surface area contributed by atoms with Gasteiger partial charge in [-0.05, 0) is 40.9 Å². The molecule has 0 bridgehead atoms. The van der Waals surface area contributed by atoms with Gasteiger partial charge in [0.1, 0.15) is 17.1 Å². The molecule has 0 aliphatic rings.